The second kappa shape index (κ2) is 6.90. The molecule has 2 rings (SSSR count). The van der Waals surface area contributed by atoms with E-state index in [1.807, 2.05) is 0 Å². The highest BCUT2D eigenvalue weighted by atomic mass is 79.9. The lowest BCUT2D eigenvalue weighted by Gasteiger charge is -2.09. The molecule has 1 N–H and O–H groups in total. The van der Waals surface area contributed by atoms with Crippen LogP contribution in [0.25, 0.3) is 6.08 Å². The summed E-state index contributed by atoms with van der Waals surface area (Å²) < 4.78 is 5.89. The van der Waals surface area contributed by atoms with Crippen LogP contribution in [-0.4, -0.2) is 34.3 Å². The van der Waals surface area contributed by atoms with Gasteiger partial charge in [-0.15, -0.1) is 6.42 Å². The van der Waals surface area contributed by atoms with Crippen LogP contribution in [0.4, 0.5) is 4.79 Å². The monoisotopic (exact) mass is 381 g/mol. The van der Waals surface area contributed by atoms with Gasteiger partial charge < -0.3 is 9.84 Å². The van der Waals surface area contributed by atoms with Gasteiger partial charge >= 0.3 is 0 Å². The average molecular weight is 382 g/mol. The Balaban J connectivity index is 2.38. The quantitative estimate of drug-likeness (QED) is 0.640. The van der Waals surface area contributed by atoms with E-state index in [9.17, 15) is 14.7 Å². The maximum Gasteiger partial charge on any atom is 0.294 e. The number of halogens is 1. The van der Waals surface area contributed by atoms with Crippen LogP contribution in [0.1, 0.15) is 12.5 Å². The highest BCUT2D eigenvalue weighted by Gasteiger charge is 2.34. The van der Waals surface area contributed by atoms with E-state index in [-0.39, 0.29) is 17.2 Å². The third kappa shape index (κ3) is 3.29. The van der Waals surface area contributed by atoms with Gasteiger partial charge in [0.1, 0.15) is 0 Å². The summed E-state index contributed by atoms with van der Waals surface area (Å²) in [6, 6.07) is 3.07. The minimum atomic E-state index is -0.425. The molecule has 0 radical (unpaired) electrons. The zero-order valence-corrected chi connectivity index (χ0v) is 14.0. The molecule has 1 aliphatic rings. The van der Waals surface area contributed by atoms with Crippen LogP contribution in [0.2, 0.25) is 0 Å². The first-order valence-electron chi connectivity index (χ1n) is 6.32. The molecule has 0 aliphatic carbocycles. The van der Waals surface area contributed by atoms with Crippen LogP contribution < -0.4 is 4.74 Å². The molecule has 1 aliphatic heterocycles. The fourth-order valence-corrected chi connectivity index (χ4v) is 3.08. The lowest BCUT2D eigenvalue weighted by atomic mass is 10.2. The molecular formula is C15H12BrNO4S. The van der Waals surface area contributed by atoms with Gasteiger partial charge in [0.2, 0.25) is 0 Å². The molecule has 0 saturated carbocycles. The van der Waals surface area contributed by atoms with E-state index in [0.29, 0.717) is 22.4 Å². The van der Waals surface area contributed by atoms with Crippen molar-refractivity contribution in [2.75, 3.05) is 13.2 Å². The topological polar surface area (TPSA) is 66.8 Å². The molecule has 1 heterocycles. The molecule has 0 atom stereocenters. The van der Waals surface area contributed by atoms with Crippen molar-refractivity contribution in [3.63, 3.8) is 0 Å². The second-order valence-corrected chi connectivity index (χ2v) is 6.09. The molecule has 2 amide bonds. The van der Waals surface area contributed by atoms with Crippen LogP contribution in [0.5, 0.6) is 11.5 Å². The number of ether oxygens (including phenoxy) is 1. The number of phenols is 1. The zero-order valence-electron chi connectivity index (χ0n) is 11.6. The summed E-state index contributed by atoms with van der Waals surface area (Å²) >= 11 is 4.14. The van der Waals surface area contributed by atoms with Crippen molar-refractivity contribution in [3.8, 4) is 23.8 Å². The van der Waals surface area contributed by atoms with E-state index >= 15 is 0 Å². The molecule has 22 heavy (non-hydrogen) atoms. The van der Waals surface area contributed by atoms with Crippen molar-refractivity contribution in [3.05, 3.63) is 27.1 Å². The van der Waals surface area contributed by atoms with E-state index in [1.165, 1.54) is 6.07 Å². The second-order valence-electron chi connectivity index (χ2n) is 4.25. The Kier molecular flexibility index (Phi) is 5.16. The Morgan fingerprint density at radius 1 is 1.50 bits per heavy atom. The highest BCUT2D eigenvalue weighted by Crippen LogP contribution is 2.37. The molecule has 0 bridgehead atoms. The Labute approximate surface area is 140 Å². The number of hydrogen-bond donors (Lipinski definition) is 1. The Morgan fingerprint density at radius 2 is 2.23 bits per heavy atom. The molecule has 5 nitrogen and oxygen atoms in total. The van der Waals surface area contributed by atoms with Crippen molar-refractivity contribution in [2.45, 2.75) is 6.92 Å². The van der Waals surface area contributed by atoms with Crippen LogP contribution in [-0.2, 0) is 4.79 Å². The van der Waals surface area contributed by atoms with E-state index in [2.05, 4.69) is 21.9 Å². The van der Waals surface area contributed by atoms with Gasteiger partial charge in [0.25, 0.3) is 11.1 Å². The molecule has 0 spiro atoms. The smallest absolute Gasteiger partial charge is 0.294 e. The van der Waals surface area contributed by atoms with E-state index in [0.717, 1.165) is 16.7 Å². The largest absolute Gasteiger partial charge is 0.504 e. The van der Waals surface area contributed by atoms with Crippen LogP contribution >= 0.6 is 27.7 Å². The molecule has 1 saturated heterocycles. The van der Waals surface area contributed by atoms with E-state index in [1.54, 1.807) is 19.1 Å². The average Bonchev–Trinajstić information content (AvgIpc) is 2.72. The summed E-state index contributed by atoms with van der Waals surface area (Å²) in [7, 11) is 0. The van der Waals surface area contributed by atoms with E-state index in [4.69, 9.17) is 11.2 Å². The molecule has 1 fully saturated rings. The van der Waals surface area contributed by atoms with Gasteiger partial charge in [0, 0.05) is 4.47 Å². The lowest BCUT2D eigenvalue weighted by Crippen LogP contribution is -2.28. The summed E-state index contributed by atoms with van der Waals surface area (Å²) in [5.74, 6) is 2.15. The standard InChI is InChI=1S/C15H12BrNO4S/c1-3-5-17-14(19)13(22-15(17)20)7-9-6-12(21-4-2)11(18)8-10(9)16/h1,6-8,18H,4-5H2,2H3/b13-7+. The number of nitrogens with zero attached hydrogens (tertiary/aromatic N) is 1. The summed E-state index contributed by atoms with van der Waals surface area (Å²) in [6.07, 6.45) is 6.71. The SMILES string of the molecule is C#CCN1C(=O)S/C(=C/c2cc(OCC)c(O)cc2Br)C1=O. The molecule has 0 unspecified atom stereocenters. The zero-order chi connectivity index (χ0) is 16.3. The maximum atomic E-state index is 12.1. The van der Waals surface area contributed by atoms with Crippen LogP contribution in [0, 0.1) is 12.3 Å². The lowest BCUT2D eigenvalue weighted by molar-refractivity contribution is -0.122. The number of rotatable bonds is 4. The van der Waals surface area contributed by atoms with Gasteiger partial charge in [-0.05, 0) is 42.5 Å². The van der Waals surface area contributed by atoms with Gasteiger partial charge in [-0.25, -0.2) is 0 Å². The van der Waals surface area contributed by atoms with Gasteiger partial charge in [-0.1, -0.05) is 21.9 Å². The highest BCUT2D eigenvalue weighted by molar-refractivity contribution is 9.10. The van der Waals surface area contributed by atoms with Crippen LogP contribution in [0.15, 0.2) is 21.5 Å². The van der Waals surface area contributed by atoms with Crippen molar-refractivity contribution < 1.29 is 19.4 Å². The number of imide groups is 1. The van der Waals surface area contributed by atoms with Crippen molar-refractivity contribution >= 4 is 44.9 Å². The first kappa shape index (κ1) is 16.5. The number of thioether (sulfide) groups is 1. The molecule has 1 aromatic rings. The summed E-state index contributed by atoms with van der Waals surface area (Å²) in [6.45, 7) is 2.14. The summed E-state index contributed by atoms with van der Waals surface area (Å²) in [5, 5.41) is 9.39. The van der Waals surface area contributed by atoms with Gasteiger partial charge in [-0.2, -0.15) is 0 Å². The molecule has 7 heteroatoms. The number of carbonyl (C=O) groups excluding carboxylic acids is 2. The predicted octanol–water partition coefficient (Wildman–Crippen LogP) is 3.22. The number of hydrogen-bond acceptors (Lipinski definition) is 5. The first-order chi connectivity index (χ1) is 10.5. The number of carbonyl (C=O) groups is 2. The molecular weight excluding hydrogens is 370 g/mol. The number of amides is 2. The van der Waals surface area contributed by atoms with Crippen molar-refractivity contribution in [2.24, 2.45) is 0 Å². The normalized spacial score (nSPS) is 16.2. The number of benzene rings is 1. The first-order valence-corrected chi connectivity index (χ1v) is 7.93. The summed E-state index contributed by atoms with van der Waals surface area (Å²) in [5.41, 5.74) is 0.618. The number of phenolic OH excluding ortho intramolecular Hbond substituents is 1. The minimum Gasteiger partial charge on any atom is -0.504 e. The van der Waals surface area contributed by atoms with Gasteiger partial charge in [-0.3, -0.25) is 14.5 Å². The predicted molar refractivity (Wildman–Crippen MR) is 88.5 cm³/mol. The molecule has 1 aromatic carbocycles. The summed E-state index contributed by atoms with van der Waals surface area (Å²) in [4.78, 5) is 25.1. The van der Waals surface area contributed by atoms with E-state index < -0.39 is 11.1 Å². The van der Waals surface area contributed by atoms with Crippen molar-refractivity contribution in [1.82, 2.24) is 4.90 Å². The van der Waals surface area contributed by atoms with Crippen LogP contribution in [0.3, 0.4) is 0 Å². The third-order valence-electron chi connectivity index (χ3n) is 2.79. The Bertz CT molecular complexity index is 708. The third-order valence-corrected chi connectivity index (χ3v) is 4.38. The van der Waals surface area contributed by atoms with Gasteiger partial charge in [0.15, 0.2) is 11.5 Å². The Morgan fingerprint density at radius 3 is 2.86 bits per heavy atom. The Hall–Kier alpha value is -1.91. The minimum absolute atomic E-state index is 0.00805. The van der Waals surface area contributed by atoms with Crippen molar-refractivity contribution in [1.29, 1.82) is 0 Å². The molecule has 0 aromatic heterocycles. The fourth-order valence-electron chi connectivity index (χ4n) is 1.81. The number of terminal acetylenes is 1. The molecule has 114 valence electrons. The maximum absolute atomic E-state index is 12.1. The van der Waals surface area contributed by atoms with Gasteiger partial charge in [0.05, 0.1) is 18.1 Å². The fraction of sp³-hybridized carbons (Fsp3) is 0.200. The number of aromatic hydroxyl groups is 1.